The lowest BCUT2D eigenvalue weighted by Crippen LogP contribution is -2.42. The molecule has 3 heterocycles. The van der Waals surface area contributed by atoms with Gasteiger partial charge in [0.2, 0.25) is 5.88 Å². The minimum atomic E-state index is -0.256. The van der Waals surface area contributed by atoms with Gasteiger partial charge in [-0.3, -0.25) is 9.59 Å². The number of halogens is 2. The van der Waals surface area contributed by atoms with Crippen LogP contribution < -0.4 is 14.8 Å². The Hall–Kier alpha value is -3.27. The van der Waals surface area contributed by atoms with Crippen LogP contribution in [-0.2, 0) is 4.74 Å². The SMILES string of the molecule is COC[C@H](C)Oc1cc(Oc2ncc(C(=O)N3CCC3)cc2Cl)cc(-c2ccc(C(=O)NCCCl)[nH]2)c1. The average Bonchev–Trinajstić information content (AvgIpc) is 3.33. The summed E-state index contributed by atoms with van der Waals surface area (Å²) in [6, 6.07) is 10.4. The molecule has 2 aromatic heterocycles. The lowest BCUT2D eigenvalue weighted by Gasteiger charge is -2.30. The summed E-state index contributed by atoms with van der Waals surface area (Å²) in [5.74, 6) is 1.06. The monoisotopic (exact) mass is 546 g/mol. The number of hydrogen-bond acceptors (Lipinski definition) is 6. The molecule has 0 saturated carbocycles. The van der Waals surface area contributed by atoms with Crippen molar-refractivity contribution in [3.05, 3.63) is 58.9 Å². The molecular formula is C26H28Cl2N4O5. The van der Waals surface area contributed by atoms with E-state index in [0.29, 0.717) is 53.0 Å². The van der Waals surface area contributed by atoms with Gasteiger partial charge in [0.1, 0.15) is 28.3 Å². The first-order chi connectivity index (χ1) is 17.9. The number of aromatic amines is 1. The second kappa shape index (κ2) is 12.3. The van der Waals surface area contributed by atoms with Crippen LogP contribution in [0.5, 0.6) is 17.4 Å². The van der Waals surface area contributed by atoms with E-state index in [-0.39, 0.29) is 28.8 Å². The Morgan fingerprint density at radius 2 is 1.97 bits per heavy atom. The molecule has 1 aliphatic rings. The van der Waals surface area contributed by atoms with Gasteiger partial charge in [-0.25, -0.2) is 4.98 Å². The molecule has 2 N–H and O–H groups in total. The zero-order valence-electron chi connectivity index (χ0n) is 20.6. The molecule has 3 aromatic rings. The summed E-state index contributed by atoms with van der Waals surface area (Å²) < 4.78 is 17.2. The molecule has 1 atom stereocenters. The highest BCUT2D eigenvalue weighted by molar-refractivity contribution is 6.32. The Kier molecular flexibility index (Phi) is 8.91. The number of methoxy groups -OCH3 is 1. The number of pyridine rings is 1. The molecule has 37 heavy (non-hydrogen) atoms. The Labute approximate surface area is 225 Å². The van der Waals surface area contributed by atoms with Gasteiger partial charge in [-0.05, 0) is 43.7 Å². The van der Waals surface area contributed by atoms with Crippen LogP contribution in [0, 0.1) is 0 Å². The maximum Gasteiger partial charge on any atom is 0.267 e. The number of hydrogen-bond donors (Lipinski definition) is 2. The summed E-state index contributed by atoms with van der Waals surface area (Å²) >= 11 is 12.1. The van der Waals surface area contributed by atoms with Crippen molar-refractivity contribution in [1.82, 2.24) is 20.2 Å². The van der Waals surface area contributed by atoms with E-state index in [9.17, 15) is 9.59 Å². The number of alkyl halides is 1. The summed E-state index contributed by atoms with van der Waals surface area (Å²) in [5.41, 5.74) is 2.21. The molecule has 9 nitrogen and oxygen atoms in total. The zero-order chi connectivity index (χ0) is 26.4. The number of carbonyl (C=O) groups excluding carboxylic acids is 2. The fraction of sp³-hybridized carbons (Fsp3) is 0.346. The molecule has 1 saturated heterocycles. The third-order valence-electron chi connectivity index (χ3n) is 5.65. The Balaban J connectivity index is 1.60. The van der Waals surface area contributed by atoms with E-state index in [2.05, 4.69) is 15.3 Å². The molecule has 4 rings (SSSR count). The molecule has 1 aromatic carbocycles. The van der Waals surface area contributed by atoms with Crippen LogP contribution >= 0.6 is 23.2 Å². The smallest absolute Gasteiger partial charge is 0.267 e. The lowest BCUT2D eigenvalue weighted by molar-refractivity contribution is 0.0651. The van der Waals surface area contributed by atoms with Crippen LogP contribution in [-0.4, -0.2) is 72.0 Å². The van der Waals surface area contributed by atoms with Crippen molar-refractivity contribution in [2.24, 2.45) is 0 Å². The summed E-state index contributed by atoms with van der Waals surface area (Å²) in [5, 5.41) is 2.94. The highest BCUT2D eigenvalue weighted by atomic mass is 35.5. The summed E-state index contributed by atoms with van der Waals surface area (Å²) in [6.45, 7) is 4.12. The molecule has 0 radical (unpaired) electrons. The van der Waals surface area contributed by atoms with E-state index >= 15 is 0 Å². The molecule has 196 valence electrons. The van der Waals surface area contributed by atoms with Crippen molar-refractivity contribution in [2.75, 3.05) is 39.2 Å². The van der Waals surface area contributed by atoms with E-state index in [1.807, 2.05) is 13.0 Å². The van der Waals surface area contributed by atoms with Crippen molar-refractivity contribution >= 4 is 35.0 Å². The number of H-pyrrole nitrogens is 1. The summed E-state index contributed by atoms with van der Waals surface area (Å²) in [4.78, 5) is 33.9. The predicted molar refractivity (Wildman–Crippen MR) is 141 cm³/mol. The summed E-state index contributed by atoms with van der Waals surface area (Å²) in [7, 11) is 1.60. The zero-order valence-corrected chi connectivity index (χ0v) is 22.1. The Morgan fingerprint density at radius 1 is 1.19 bits per heavy atom. The molecule has 11 heteroatoms. The molecule has 0 spiro atoms. The van der Waals surface area contributed by atoms with Gasteiger partial charge in [0, 0.05) is 56.1 Å². The first-order valence-corrected chi connectivity index (χ1v) is 12.8. The minimum Gasteiger partial charge on any atom is -0.488 e. The topological polar surface area (TPSA) is 106 Å². The molecule has 1 fully saturated rings. The van der Waals surface area contributed by atoms with E-state index in [4.69, 9.17) is 37.4 Å². The molecule has 0 bridgehead atoms. The van der Waals surface area contributed by atoms with Gasteiger partial charge < -0.3 is 29.4 Å². The maximum atomic E-state index is 12.5. The van der Waals surface area contributed by atoms with Crippen molar-refractivity contribution in [1.29, 1.82) is 0 Å². The second-order valence-corrected chi connectivity index (χ2v) is 9.35. The highest BCUT2D eigenvalue weighted by Gasteiger charge is 2.23. The van der Waals surface area contributed by atoms with E-state index < -0.39 is 0 Å². The number of ether oxygens (including phenoxy) is 3. The molecule has 1 aliphatic heterocycles. The molecule has 0 aliphatic carbocycles. The molecule has 2 amide bonds. The van der Waals surface area contributed by atoms with Crippen LogP contribution in [0.4, 0.5) is 0 Å². The lowest BCUT2D eigenvalue weighted by atomic mass is 10.1. The Morgan fingerprint density at radius 3 is 2.65 bits per heavy atom. The largest absolute Gasteiger partial charge is 0.488 e. The van der Waals surface area contributed by atoms with Crippen LogP contribution in [0.2, 0.25) is 5.02 Å². The number of likely N-dealkylation sites (tertiary alicyclic amines) is 1. The van der Waals surface area contributed by atoms with Gasteiger partial charge in [-0.1, -0.05) is 11.6 Å². The predicted octanol–water partition coefficient (Wildman–Crippen LogP) is 4.75. The minimum absolute atomic E-state index is 0.102. The van der Waals surface area contributed by atoms with Gasteiger partial charge in [-0.2, -0.15) is 0 Å². The number of rotatable bonds is 11. The fourth-order valence-electron chi connectivity index (χ4n) is 3.74. The van der Waals surface area contributed by atoms with Crippen LogP contribution in [0.15, 0.2) is 42.6 Å². The van der Waals surface area contributed by atoms with Gasteiger partial charge in [-0.15, -0.1) is 11.6 Å². The maximum absolute atomic E-state index is 12.5. The first-order valence-electron chi connectivity index (χ1n) is 11.8. The summed E-state index contributed by atoms with van der Waals surface area (Å²) in [6.07, 6.45) is 2.24. The van der Waals surface area contributed by atoms with Gasteiger partial charge in [0.05, 0.1) is 12.2 Å². The normalized spacial score (nSPS) is 13.6. The van der Waals surface area contributed by atoms with Crippen molar-refractivity contribution in [3.63, 3.8) is 0 Å². The van der Waals surface area contributed by atoms with Crippen molar-refractivity contribution in [3.8, 4) is 28.6 Å². The van der Waals surface area contributed by atoms with Crippen molar-refractivity contribution < 1.29 is 23.8 Å². The number of aromatic nitrogens is 2. The van der Waals surface area contributed by atoms with Crippen LogP contribution in [0.1, 0.15) is 34.2 Å². The van der Waals surface area contributed by atoms with E-state index in [0.717, 1.165) is 19.5 Å². The third kappa shape index (κ3) is 6.74. The molecular weight excluding hydrogens is 519 g/mol. The van der Waals surface area contributed by atoms with E-state index in [1.165, 1.54) is 6.20 Å². The quantitative estimate of drug-likeness (QED) is 0.336. The number of carbonyl (C=O) groups is 2. The average molecular weight is 547 g/mol. The van der Waals surface area contributed by atoms with Crippen molar-refractivity contribution in [2.45, 2.75) is 19.4 Å². The third-order valence-corrected chi connectivity index (χ3v) is 6.11. The van der Waals surface area contributed by atoms with Crippen LogP contribution in [0.25, 0.3) is 11.3 Å². The van der Waals surface area contributed by atoms with Crippen LogP contribution in [0.3, 0.4) is 0 Å². The number of nitrogens with one attached hydrogen (secondary N) is 2. The van der Waals surface area contributed by atoms with Gasteiger partial charge in [0.15, 0.2) is 0 Å². The fourth-order valence-corrected chi connectivity index (χ4v) is 4.04. The van der Waals surface area contributed by atoms with E-state index in [1.54, 1.807) is 42.3 Å². The number of benzene rings is 1. The second-order valence-electron chi connectivity index (χ2n) is 8.57. The van der Waals surface area contributed by atoms with Gasteiger partial charge in [0.25, 0.3) is 11.8 Å². The Bertz CT molecular complexity index is 1260. The molecule has 0 unspecified atom stereocenters. The highest BCUT2D eigenvalue weighted by Crippen LogP contribution is 2.34. The van der Waals surface area contributed by atoms with Gasteiger partial charge >= 0.3 is 0 Å². The first kappa shape index (κ1) is 26.8. The standard InChI is InChI=1S/C26H28Cl2N4O5/c1-16(15-35-2)36-19-10-17(22-4-5-23(31-22)24(33)29-7-6-27)11-20(13-19)37-25-21(28)12-18(14-30-25)26(34)32-8-3-9-32/h4-5,10-14,16,31H,3,6-9,15H2,1-2H3,(H,29,33)/t16-/m0/s1. The number of amides is 2. The number of nitrogens with zero attached hydrogens (tertiary/aromatic N) is 2.